The van der Waals surface area contributed by atoms with E-state index in [9.17, 15) is 9.59 Å². The molecule has 0 aromatic rings. The van der Waals surface area contributed by atoms with Crippen molar-refractivity contribution in [2.45, 2.75) is 0 Å². The van der Waals surface area contributed by atoms with Crippen LogP contribution in [-0.4, -0.2) is 61.9 Å². The number of piperazine rings is 1. The van der Waals surface area contributed by atoms with Crippen LogP contribution in [0.2, 0.25) is 0 Å². The van der Waals surface area contributed by atoms with Gasteiger partial charge < -0.3 is 15.1 Å². The van der Waals surface area contributed by atoms with Crippen molar-refractivity contribution in [1.82, 2.24) is 15.1 Å². The molecule has 1 aliphatic rings. The maximum absolute atomic E-state index is 11.3. The molecule has 5 heteroatoms. The summed E-state index contributed by atoms with van der Waals surface area (Å²) in [5.74, 6) is 0.105. The maximum Gasteiger partial charge on any atom is 0.236 e. The van der Waals surface area contributed by atoms with Crippen molar-refractivity contribution < 1.29 is 9.59 Å². The van der Waals surface area contributed by atoms with Crippen LogP contribution in [0.15, 0.2) is 0 Å². The first-order valence-corrected chi connectivity index (χ1v) is 4.39. The van der Waals surface area contributed by atoms with Crippen LogP contribution in [0.4, 0.5) is 0 Å². The van der Waals surface area contributed by atoms with Gasteiger partial charge in [0.15, 0.2) is 0 Å². The Kier molecular flexibility index (Phi) is 3.70. The molecule has 1 saturated heterocycles. The van der Waals surface area contributed by atoms with Gasteiger partial charge in [0.25, 0.3) is 0 Å². The van der Waals surface area contributed by atoms with E-state index in [1.54, 1.807) is 16.8 Å². The molecule has 0 spiro atoms. The van der Waals surface area contributed by atoms with Crippen LogP contribution in [-0.2, 0) is 9.59 Å². The van der Waals surface area contributed by atoms with Crippen LogP contribution in [0.25, 0.3) is 0 Å². The minimum atomic E-state index is 0.105. The van der Waals surface area contributed by atoms with Gasteiger partial charge in [0.1, 0.15) is 0 Å². The predicted octanol–water partition coefficient (Wildman–Crippen LogP) is -1.49. The highest BCUT2D eigenvalue weighted by Gasteiger charge is 2.18. The fraction of sp³-hybridized carbons (Fsp3) is 0.750. The topological polar surface area (TPSA) is 52.7 Å². The highest BCUT2D eigenvalue weighted by Crippen LogP contribution is 1.98. The lowest BCUT2D eigenvalue weighted by Crippen LogP contribution is -2.50. The summed E-state index contributed by atoms with van der Waals surface area (Å²) in [7, 11) is 1.75. The first kappa shape index (κ1) is 9.98. The maximum atomic E-state index is 11.3. The summed E-state index contributed by atoms with van der Waals surface area (Å²) < 4.78 is 0. The van der Waals surface area contributed by atoms with Gasteiger partial charge in [-0.3, -0.25) is 9.59 Å². The number of carbonyl (C=O) groups excluding carboxylic acids is 2. The summed E-state index contributed by atoms with van der Waals surface area (Å²) in [4.78, 5) is 25.2. The largest absolute Gasteiger partial charge is 0.342 e. The molecule has 74 valence electrons. The van der Waals surface area contributed by atoms with Crippen LogP contribution >= 0.6 is 0 Å². The normalized spacial score (nSPS) is 17.3. The molecule has 0 radical (unpaired) electrons. The molecule has 0 unspecified atom stereocenters. The molecule has 0 saturated carbocycles. The Hall–Kier alpha value is -1.10. The molecule has 13 heavy (non-hydrogen) atoms. The molecule has 1 N–H and O–H groups in total. The molecule has 0 aliphatic carbocycles. The second kappa shape index (κ2) is 4.81. The van der Waals surface area contributed by atoms with E-state index in [0.717, 1.165) is 6.41 Å². The molecule has 0 atom stereocenters. The molecule has 0 aromatic carbocycles. The molecule has 1 rings (SSSR count). The molecular formula is C8H15N3O2. The third kappa shape index (κ3) is 2.69. The van der Waals surface area contributed by atoms with Gasteiger partial charge in [0.2, 0.25) is 12.3 Å². The molecule has 1 fully saturated rings. The number of nitrogens with zero attached hydrogens (tertiary/aromatic N) is 2. The average molecular weight is 185 g/mol. The zero-order valence-corrected chi connectivity index (χ0v) is 7.82. The molecule has 1 aliphatic heterocycles. The Labute approximate surface area is 77.7 Å². The number of likely N-dealkylation sites (N-methyl/N-ethyl adjacent to an activating group) is 1. The Bertz CT molecular complexity index is 188. The number of rotatable bonds is 3. The van der Waals surface area contributed by atoms with Crippen LogP contribution < -0.4 is 5.32 Å². The van der Waals surface area contributed by atoms with Crippen molar-refractivity contribution >= 4 is 12.3 Å². The number of hydrogen-bond donors (Lipinski definition) is 1. The van der Waals surface area contributed by atoms with Crippen molar-refractivity contribution in [1.29, 1.82) is 0 Å². The van der Waals surface area contributed by atoms with Crippen LogP contribution in [0.5, 0.6) is 0 Å². The SMILES string of the molecule is CNCC(=O)N1CCN(C=O)CC1. The standard InChI is InChI=1S/C8H15N3O2/c1-9-6-8(13)11-4-2-10(7-12)3-5-11/h7,9H,2-6H2,1H3. The van der Waals surface area contributed by atoms with E-state index in [1.165, 1.54) is 0 Å². The van der Waals surface area contributed by atoms with Crippen molar-refractivity contribution in [2.75, 3.05) is 39.8 Å². The van der Waals surface area contributed by atoms with Gasteiger partial charge in [0, 0.05) is 26.2 Å². The van der Waals surface area contributed by atoms with Gasteiger partial charge in [-0.25, -0.2) is 0 Å². The lowest BCUT2D eigenvalue weighted by molar-refractivity contribution is -0.134. The van der Waals surface area contributed by atoms with E-state index < -0.39 is 0 Å². The van der Waals surface area contributed by atoms with Crippen molar-refractivity contribution in [3.05, 3.63) is 0 Å². The fourth-order valence-corrected chi connectivity index (χ4v) is 1.34. The van der Waals surface area contributed by atoms with Crippen LogP contribution in [0, 0.1) is 0 Å². The average Bonchev–Trinajstić information content (AvgIpc) is 2.18. The van der Waals surface area contributed by atoms with Crippen LogP contribution in [0.1, 0.15) is 0 Å². The second-order valence-electron chi connectivity index (χ2n) is 3.05. The highest BCUT2D eigenvalue weighted by molar-refractivity contribution is 5.78. The minimum Gasteiger partial charge on any atom is -0.342 e. The van der Waals surface area contributed by atoms with Gasteiger partial charge in [0.05, 0.1) is 6.54 Å². The van der Waals surface area contributed by atoms with Gasteiger partial charge in [-0.05, 0) is 7.05 Å². The van der Waals surface area contributed by atoms with Gasteiger partial charge in [-0.15, -0.1) is 0 Å². The lowest BCUT2D eigenvalue weighted by atomic mass is 10.3. The summed E-state index contributed by atoms with van der Waals surface area (Å²) in [6.45, 7) is 2.98. The van der Waals surface area contributed by atoms with E-state index in [1.807, 2.05) is 0 Å². The van der Waals surface area contributed by atoms with E-state index in [0.29, 0.717) is 32.7 Å². The zero-order chi connectivity index (χ0) is 9.68. The Balaban J connectivity index is 2.31. The van der Waals surface area contributed by atoms with Gasteiger partial charge in [-0.2, -0.15) is 0 Å². The number of hydrogen-bond acceptors (Lipinski definition) is 3. The van der Waals surface area contributed by atoms with Gasteiger partial charge in [-0.1, -0.05) is 0 Å². The summed E-state index contributed by atoms with van der Waals surface area (Å²) in [5.41, 5.74) is 0. The third-order valence-corrected chi connectivity index (χ3v) is 2.14. The number of nitrogens with one attached hydrogen (secondary N) is 1. The predicted molar refractivity (Wildman–Crippen MR) is 48.1 cm³/mol. The third-order valence-electron chi connectivity index (χ3n) is 2.14. The smallest absolute Gasteiger partial charge is 0.236 e. The zero-order valence-electron chi connectivity index (χ0n) is 7.82. The van der Waals surface area contributed by atoms with Crippen molar-refractivity contribution in [2.24, 2.45) is 0 Å². The second-order valence-corrected chi connectivity index (χ2v) is 3.05. The monoisotopic (exact) mass is 185 g/mol. The molecule has 0 aromatic heterocycles. The Morgan fingerprint density at radius 3 is 2.46 bits per heavy atom. The summed E-state index contributed by atoms with van der Waals surface area (Å²) >= 11 is 0. The number of carbonyl (C=O) groups is 2. The summed E-state index contributed by atoms with van der Waals surface area (Å²) in [5, 5.41) is 2.82. The molecule has 1 heterocycles. The van der Waals surface area contributed by atoms with E-state index in [4.69, 9.17) is 0 Å². The van der Waals surface area contributed by atoms with E-state index >= 15 is 0 Å². The Morgan fingerprint density at radius 1 is 1.38 bits per heavy atom. The van der Waals surface area contributed by atoms with Crippen molar-refractivity contribution in [3.8, 4) is 0 Å². The summed E-state index contributed by atoms with van der Waals surface area (Å²) in [6.07, 6.45) is 0.833. The summed E-state index contributed by atoms with van der Waals surface area (Å²) in [6, 6.07) is 0. The lowest BCUT2D eigenvalue weighted by Gasteiger charge is -2.32. The van der Waals surface area contributed by atoms with E-state index in [-0.39, 0.29) is 5.91 Å². The van der Waals surface area contributed by atoms with E-state index in [2.05, 4.69) is 5.32 Å². The first-order chi connectivity index (χ1) is 6.27. The molecular weight excluding hydrogens is 170 g/mol. The first-order valence-electron chi connectivity index (χ1n) is 4.39. The van der Waals surface area contributed by atoms with Crippen molar-refractivity contribution in [3.63, 3.8) is 0 Å². The quantitative estimate of drug-likeness (QED) is 0.545. The number of amides is 2. The Morgan fingerprint density at radius 2 is 2.00 bits per heavy atom. The fourth-order valence-electron chi connectivity index (χ4n) is 1.34. The molecule has 0 bridgehead atoms. The van der Waals surface area contributed by atoms with Gasteiger partial charge >= 0.3 is 0 Å². The van der Waals surface area contributed by atoms with Crippen LogP contribution in [0.3, 0.4) is 0 Å². The molecule has 5 nitrogen and oxygen atoms in total. The highest BCUT2D eigenvalue weighted by atomic mass is 16.2. The minimum absolute atomic E-state index is 0.105. The molecule has 2 amide bonds.